The van der Waals surface area contributed by atoms with Crippen LogP contribution in [0, 0.1) is 5.41 Å². The summed E-state index contributed by atoms with van der Waals surface area (Å²) in [6.07, 6.45) is 7.13. The molecule has 0 atom stereocenters. The largest absolute Gasteiger partial charge is 0.368 e. The fourth-order valence-corrected chi connectivity index (χ4v) is 1.68. The lowest BCUT2D eigenvalue weighted by Crippen LogP contribution is -2.15. The number of halogens is 1. The fraction of sp³-hybridized carbons (Fsp3) is 0.600. The van der Waals surface area contributed by atoms with Crippen LogP contribution in [0.5, 0.6) is 0 Å². The summed E-state index contributed by atoms with van der Waals surface area (Å²) in [6, 6.07) is 0. The fourth-order valence-electron chi connectivity index (χ4n) is 1.54. The van der Waals surface area contributed by atoms with Crippen molar-refractivity contribution in [2.45, 2.75) is 26.2 Å². The summed E-state index contributed by atoms with van der Waals surface area (Å²) in [7, 11) is 0. The van der Waals surface area contributed by atoms with Crippen molar-refractivity contribution in [1.82, 2.24) is 9.97 Å². The molecule has 1 aromatic rings. The van der Waals surface area contributed by atoms with Gasteiger partial charge in [0.1, 0.15) is 11.0 Å². The van der Waals surface area contributed by atoms with Gasteiger partial charge >= 0.3 is 0 Å². The van der Waals surface area contributed by atoms with E-state index in [1.54, 1.807) is 12.4 Å². The van der Waals surface area contributed by atoms with Crippen molar-refractivity contribution in [3.05, 3.63) is 17.5 Å². The second-order valence-electron chi connectivity index (χ2n) is 3.93. The Balaban J connectivity index is 1.92. The van der Waals surface area contributed by atoms with Gasteiger partial charge in [0.25, 0.3) is 0 Å². The van der Waals surface area contributed by atoms with Crippen molar-refractivity contribution in [1.29, 1.82) is 0 Å². The maximum absolute atomic E-state index is 5.73. The third-order valence-electron chi connectivity index (χ3n) is 2.96. The van der Waals surface area contributed by atoms with Crippen LogP contribution in [0.3, 0.4) is 0 Å². The smallest absolute Gasteiger partial charge is 0.149 e. The highest BCUT2D eigenvalue weighted by Gasteiger charge is 2.40. The molecule has 0 aliphatic heterocycles. The van der Waals surface area contributed by atoms with Crippen molar-refractivity contribution in [2.24, 2.45) is 5.41 Å². The predicted molar refractivity (Wildman–Crippen MR) is 57.5 cm³/mol. The molecule has 0 spiro atoms. The van der Waals surface area contributed by atoms with Gasteiger partial charge in [0.05, 0.1) is 12.4 Å². The van der Waals surface area contributed by atoms with E-state index in [9.17, 15) is 0 Å². The second kappa shape index (κ2) is 3.73. The van der Waals surface area contributed by atoms with Crippen molar-refractivity contribution in [3.63, 3.8) is 0 Å². The van der Waals surface area contributed by atoms with Crippen molar-refractivity contribution in [3.8, 4) is 0 Å². The van der Waals surface area contributed by atoms with E-state index in [2.05, 4.69) is 22.2 Å². The number of nitrogens with one attached hydrogen (secondary N) is 1. The predicted octanol–water partition coefficient (Wildman–Crippen LogP) is 2.73. The Morgan fingerprint density at radius 3 is 2.86 bits per heavy atom. The van der Waals surface area contributed by atoms with Gasteiger partial charge in [0.15, 0.2) is 0 Å². The lowest BCUT2D eigenvalue weighted by molar-refractivity contribution is 0.520. The molecule has 2 rings (SSSR count). The second-order valence-corrected chi connectivity index (χ2v) is 4.32. The quantitative estimate of drug-likeness (QED) is 0.832. The average molecular weight is 212 g/mol. The third-order valence-corrected chi connectivity index (χ3v) is 3.14. The number of hydrogen-bond donors (Lipinski definition) is 1. The van der Waals surface area contributed by atoms with Gasteiger partial charge in [-0.1, -0.05) is 18.5 Å². The number of hydrogen-bond acceptors (Lipinski definition) is 3. The number of aromatic nitrogens is 2. The molecule has 1 N–H and O–H groups in total. The Morgan fingerprint density at radius 1 is 1.50 bits per heavy atom. The zero-order valence-corrected chi connectivity index (χ0v) is 9.01. The minimum Gasteiger partial charge on any atom is -0.368 e. The van der Waals surface area contributed by atoms with Gasteiger partial charge in [-0.2, -0.15) is 0 Å². The summed E-state index contributed by atoms with van der Waals surface area (Å²) >= 11 is 5.73. The molecule has 0 amide bonds. The Kier molecular flexibility index (Phi) is 2.59. The van der Waals surface area contributed by atoms with Crippen LogP contribution in [0.15, 0.2) is 12.4 Å². The molecule has 14 heavy (non-hydrogen) atoms. The summed E-state index contributed by atoms with van der Waals surface area (Å²) < 4.78 is 0. The standard InChI is InChI=1S/C10H14ClN3/c1-2-10(3-4-10)7-13-9-6-12-5-8(11)14-9/h5-6H,2-4,7H2,1H3,(H,13,14). The first kappa shape index (κ1) is 9.71. The summed E-state index contributed by atoms with van der Waals surface area (Å²) in [6.45, 7) is 3.22. The van der Waals surface area contributed by atoms with Crippen LogP contribution in [0.1, 0.15) is 26.2 Å². The van der Waals surface area contributed by atoms with Crippen LogP contribution in [0.2, 0.25) is 5.15 Å². The van der Waals surface area contributed by atoms with Gasteiger partial charge in [-0.05, 0) is 24.7 Å². The Labute approximate surface area is 88.9 Å². The molecule has 4 heteroatoms. The van der Waals surface area contributed by atoms with Crippen LogP contribution in [0.4, 0.5) is 5.82 Å². The molecule has 0 aromatic carbocycles. The maximum atomic E-state index is 5.73. The first-order chi connectivity index (χ1) is 6.74. The molecule has 1 aliphatic carbocycles. The summed E-state index contributed by atoms with van der Waals surface area (Å²) in [5.74, 6) is 0.775. The van der Waals surface area contributed by atoms with Gasteiger partial charge in [-0.25, -0.2) is 4.98 Å². The van der Waals surface area contributed by atoms with Crippen LogP contribution in [0.25, 0.3) is 0 Å². The van der Waals surface area contributed by atoms with Gasteiger partial charge in [0, 0.05) is 6.54 Å². The molecule has 1 fully saturated rings. The SMILES string of the molecule is CCC1(CNc2cncc(Cl)n2)CC1. The minimum absolute atomic E-state index is 0.441. The van der Waals surface area contributed by atoms with Gasteiger partial charge < -0.3 is 5.32 Å². The highest BCUT2D eigenvalue weighted by atomic mass is 35.5. The van der Waals surface area contributed by atoms with Crippen molar-refractivity contribution >= 4 is 17.4 Å². The molecule has 1 heterocycles. The van der Waals surface area contributed by atoms with Crippen LogP contribution < -0.4 is 5.32 Å². The normalized spacial score (nSPS) is 17.9. The van der Waals surface area contributed by atoms with E-state index in [1.165, 1.54) is 19.3 Å². The number of anilines is 1. The lowest BCUT2D eigenvalue weighted by Gasteiger charge is -2.13. The third kappa shape index (κ3) is 2.15. The van der Waals surface area contributed by atoms with E-state index in [0.717, 1.165) is 12.4 Å². The first-order valence-electron chi connectivity index (χ1n) is 4.95. The summed E-state index contributed by atoms with van der Waals surface area (Å²) in [4.78, 5) is 8.10. The van der Waals surface area contributed by atoms with E-state index < -0.39 is 0 Å². The highest BCUT2D eigenvalue weighted by Crippen LogP contribution is 2.48. The molecule has 0 radical (unpaired) electrons. The van der Waals surface area contributed by atoms with Crippen LogP contribution in [-0.2, 0) is 0 Å². The molecule has 1 aromatic heterocycles. The Bertz CT molecular complexity index is 323. The molecule has 1 saturated carbocycles. The monoisotopic (exact) mass is 211 g/mol. The molecule has 0 unspecified atom stereocenters. The molecule has 3 nitrogen and oxygen atoms in total. The lowest BCUT2D eigenvalue weighted by atomic mass is 10.0. The van der Waals surface area contributed by atoms with Crippen LogP contribution in [-0.4, -0.2) is 16.5 Å². The maximum Gasteiger partial charge on any atom is 0.149 e. The Morgan fingerprint density at radius 2 is 2.29 bits per heavy atom. The topological polar surface area (TPSA) is 37.8 Å². The zero-order valence-electron chi connectivity index (χ0n) is 8.26. The number of rotatable bonds is 4. The zero-order chi connectivity index (χ0) is 10.0. The Hall–Kier alpha value is -0.830. The van der Waals surface area contributed by atoms with E-state index in [4.69, 9.17) is 11.6 Å². The van der Waals surface area contributed by atoms with Crippen molar-refractivity contribution < 1.29 is 0 Å². The molecule has 0 bridgehead atoms. The summed E-state index contributed by atoms with van der Waals surface area (Å²) in [5.41, 5.74) is 0.518. The van der Waals surface area contributed by atoms with Gasteiger partial charge in [-0.3, -0.25) is 4.98 Å². The van der Waals surface area contributed by atoms with E-state index in [0.29, 0.717) is 10.6 Å². The van der Waals surface area contributed by atoms with Gasteiger partial charge in [-0.15, -0.1) is 0 Å². The molecular weight excluding hydrogens is 198 g/mol. The van der Waals surface area contributed by atoms with E-state index in [-0.39, 0.29) is 0 Å². The molecule has 0 saturated heterocycles. The number of nitrogens with zero attached hydrogens (tertiary/aromatic N) is 2. The van der Waals surface area contributed by atoms with E-state index in [1.807, 2.05) is 0 Å². The summed E-state index contributed by atoms with van der Waals surface area (Å²) in [5, 5.41) is 3.72. The average Bonchev–Trinajstić information content (AvgIpc) is 2.96. The van der Waals surface area contributed by atoms with Gasteiger partial charge in [0.2, 0.25) is 0 Å². The molecule has 76 valence electrons. The molecule has 1 aliphatic rings. The highest BCUT2D eigenvalue weighted by molar-refractivity contribution is 6.29. The minimum atomic E-state index is 0.441. The van der Waals surface area contributed by atoms with Crippen molar-refractivity contribution in [2.75, 3.05) is 11.9 Å². The van der Waals surface area contributed by atoms with E-state index >= 15 is 0 Å². The first-order valence-corrected chi connectivity index (χ1v) is 5.33. The van der Waals surface area contributed by atoms with Crippen LogP contribution >= 0.6 is 11.6 Å². The molecular formula is C10H14ClN3.